The van der Waals surface area contributed by atoms with Crippen molar-refractivity contribution in [3.8, 4) is 0 Å². The fourth-order valence-electron chi connectivity index (χ4n) is 3.83. The van der Waals surface area contributed by atoms with E-state index >= 15 is 0 Å². The number of nitrogens with zero attached hydrogens (tertiary/aromatic N) is 2. The highest BCUT2D eigenvalue weighted by molar-refractivity contribution is 7.99. The molecule has 1 N–H and O–H groups in total. The minimum Gasteiger partial charge on any atom is -0.363 e. The topological polar surface area (TPSA) is 83.7 Å². The Balaban J connectivity index is 1.81. The summed E-state index contributed by atoms with van der Waals surface area (Å²) in [6, 6.07) is 17.3. The number of nitro benzene ring substituents is 1. The van der Waals surface area contributed by atoms with E-state index in [1.54, 1.807) is 36.4 Å². The molecular weight excluding hydrogens is 400 g/mol. The summed E-state index contributed by atoms with van der Waals surface area (Å²) in [5.41, 5.74) is 1.36. The van der Waals surface area contributed by atoms with Gasteiger partial charge in [-0.2, -0.15) is 0 Å². The zero-order valence-corrected chi connectivity index (χ0v) is 17.6. The predicted octanol–water partition coefficient (Wildman–Crippen LogP) is 4.64. The third-order valence-electron chi connectivity index (χ3n) is 5.43. The number of aryl methyl sites for hydroxylation is 2. The number of hydrogen-bond donors (Lipinski definition) is 1. The molecule has 3 aromatic carbocycles. The number of carbonyl (C=O) groups is 1. The molecule has 1 unspecified atom stereocenters. The highest BCUT2D eigenvalue weighted by Gasteiger charge is 2.48. The van der Waals surface area contributed by atoms with Crippen molar-refractivity contribution in [2.24, 2.45) is 0 Å². The Labute approximate surface area is 178 Å². The van der Waals surface area contributed by atoms with Crippen LogP contribution in [0.3, 0.4) is 0 Å². The normalized spacial score (nSPS) is 17.9. The van der Waals surface area contributed by atoms with Crippen molar-refractivity contribution < 1.29 is 14.8 Å². The van der Waals surface area contributed by atoms with Crippen LogP contribution >= 0.6 is 11.8 Å². The molecule has 0 spiro atoms. The zero-order valence-electron chi connectivity index (χ0n) is 16.7. The second-order valence-electron chi connectivity index (χ2n) is 7.39. The molecule has 152 valence electrons. The van der Waals surface area contributed by atoms with E-state index in [0.29, 0.717) is 16.0 Å². The van der Waals surface area contributed by atoms with Crippen LogP contribution < -0.4 is 0 Å². The van der Waals surface area contributed by atoms with Crippen molar-refractivity contribution in [2.75, 3.05) is 7.05 Å². The number of carbonyl (C=O) groups excluding carboxylic acids is 1. The molecule has 0 saturated heterocycles. The number of benzene rings is 3. The number of rotatable bonds is 4. The molecule has 7 heteroatoms. The summed E-state index contributed by atoms with van der Waals surface area (Å²) in [7, 11) is 1.49. The van der Waals surface area contributed by atoms with Crippen LogP contribution in [0, 0.1) is 24.0 Å². The lowest BCUT2D eigenvalue weighted by Gasteiger charge is -2.31. The number of nitro groups is 1. The Morgan fingerprint density at radius 3 is 2.43 bits per heavy atom. The van der Waals surface area contributed by atoms with Gasteiger partial charge in [-0.1, -0.05) is 53.7 Å². The number of aliphatic hydroxyl groups is 1. The number of fused-ring (bicyclic) bond motifs is 1. The lowest BCUT2D eigenvalue weighted by atomic mass is 9.93. The highest BCUT2D eigenvalue weighted by atomic mass is 32.2. The van der Waals surface area contributed by atoms with E-state index in [2.05, 4.69) is 0 Å². The molecule has 0 aromatic heterocycles. The van der Waals surface area contributed by atoms with Crippen molar-refractivity contribution in [3.63, 3.8) is 0 Å². The van der Waals surface area contributed by atoms with Gasteiger partial charge in [0.15, 0.2) is 5.72 Å². The third-order valence-corrected chi connectivity index (χ3v) is 6.67. The Kier molecular flexibility index (Phi) is 4.88. The number of hydrogen-bond acceptors (Lipinski definition) is 5. The molecule has 1 atom stereocenters. The number of amides is 1. The van der Waals surface area contributed by atoms with Gasteiger partial charge in [0.05, 0.1) is 9.82 Å². The van der Waals surface area contributed by atoms with Gasteiger partial charge in [0.1, 0.15) is 0 Å². The maximum absolute atomic E-state index is 12.6. The molecule has 0 bridgehead atoms. The average molecular weight is 420 g/mol. The van der Waals surface area contributed by atoms with Crippen molar-refractivity contribution in [1.82, 2.24) is 4.90 Å². The Morgan fingerprint density at radius 1 is 1.03 bits per heavy atom. The van der Waals surface area contributed by atoms with Crippen molar-refractivity contribution in [3.05, 3.63) is 98.6 Å². The van der Waals surface area contributed by atoms with E-state index in [-0.39, 0.29) is 17.2 Å². The second-order valence-corrected chi connectivity index (χ2v) is 8.48. The van der Waals surface area contributed by atoms with E-state index in [4.69, 9.17) is 0 Å². The van der Waals surface area contributed by atoms with Gasteiger partial charge in [-0.3, -0.25) is 14.9 Å². The molecule has 0 aliphatic carbocycles. The zero-order chi connectivity index (χ0) is 21.6. The van der Waals surface area contributed by atoms with Crippen LogP contribution in [-0.4, -0.2) is 27.9 Å². The predicted molar refractivity (Wildman–Crippen MR) is 115 cm³/mol. The van der Waals surface area contributed by atoms with Gasteiger partial charge in [0, 0.05) is 34.7 Å². The molecule has 1 amide bonds. The molecule has 0 radical (unpaired) electrons. The van der Waals surface area contributed by atoms with Gasteiger partial charge in [0.25, 0.3) is 11.6 Å². The molecule has 6 nitrogen and oxygen atoms in total. The summed E-state index contributed by atoms with van der Waals surface area (Å²) in [4.78, 5) is 26.6. The maximum atomic E-state index is 12.6. The fourth-order valence-corrected chi connectivity index (χ4v) is 4.79. The van der Waals surface area contributed by atoms with Gasteiger partial charge in [-0.05, 0) is 37.6 Å². The second kappa shape index (κ2) is 7.27. The van der Waals surface area contributed by atoms with E-state index in [9.17, 15) is 20.0 Å². The minimum absolute atomic E-state index is 0.115. The van der Waals surface area contributed by atoms with Crippen LogP contribution in [0.1, 0.15) is 32.6 Å². The first-order chi connectivity index (χ1) is 14.2. The van der Waals surface area contributed by atoms with Crippen LogP contribution in [0.25, 0.3) is 0 Å². The monoisotopic (exact) mass is 420 g/mol. The molecule has 1 aliphatic heterocycles. The van der Waals surface area contributed by atoms with Gasteiger partial charge < -0.3 is 10.0 Å². The van der Waals surface area contributed by atoms with Crippen LogP contribution in [0.4, 0.5) is 5.69 Å². The van der Waals surface area contributed by atoms with Crippen LogP contribution in [-0.2, 0) is 5.72 Å². The fraction of sp³-hybridized carbons (Fsp3) is 0.174. The third kappa shape index (κ3) is 3.07. The summed E-state index contributed by atoms with van der Waals surface area (Å²) in [5, 5.41) is 23.3. The van der Waals surface area contributed by atoms with Crippen LogP contribution in [0.5, 0.6) is 0 Å². The van der Waals surface area contributed by atoms with Crippen LogP contribution in [0.15, 0.2) is 70.5 Å². The summed E-state index contributed by atoms with van der Waals surface area (Å²) in [6.07, 6.45) is 0. The van der Waals surface area contributed by atoms with E-state index in [1.165, 1.54) is 29.8 Å². The Hall–Kier alpha value is -3.16. The largest absolute Gasteiger partial charge is 0.363 e. The van der Waals surface area contributed by atoms with E-state index in [1.807, 2.05) is 32.0 Å². The molecule has 0 fully saturated rings. The molecule has 30 heavy (non-hydrogen) atoms. The van der Waals surface area contributed by atoms with Crippen molar-refractivity contribution in [1.29, 1.82) is 0 Å². The quantitative estimate of drug-likeness (QED) is 0.491. The molecule has 1 heterocycles. The molecule has 3 aromatic rings. The first-order valence-electron chi connectivity index (χ1n) is 9.37. The van der Waals surface area contributed by atoms with E-state index in [0.717, 1.165) is 16.0 Å². The van der Waals surface area contributed by atoms with Crippen molar-refractivity contribution in [2.45, 2.75) is 29.4 Å². The Bertz CT molecular complexity index is 1190. The minimum atomic E-state index is -1.76. The average Bonchev–Trinajstić information content (AvgIpc) is 2.92. The SMILES string of the molecule is Cc1ccc(Sc2ccc(C3(O)c4ccccc4C(=O)N3C)cc2[N+](=O)[O-])c(C)c1. The van der Waals surface area contributed by atoms with Gasteiger partial charge in [-0.25, -0.2) is 0 Å². The van der Waals surface area contributed by atoms with Crippen LogP contribution in [0.2, 0.25) is 0 Å². The van der Waals surface area contributed by atoms with Gasteiger partial charge in [0.2, 0.25) is 0 Å². The summed E-state index contributed by atoms with van der Waals surface area (Å²) in [6.45, 7) is 3.96. The van der Waals surface area contributed by atoms with E-state index < -0.39 is 10.6 Å². The first kappa shape index (κ1) is 20.1. The lowest BCUT2D eigenvalue weighted by Crippen LogP contribution is -2.41. The van der Waals surface area contributed by atoms with Gasteiger partial charge in [-0.15, -0.1) is 0 Å². The summed E-state index contributed by atoms with van der Waals surface area (Å²) >= 11 is 1.31. The first-order valence-corrected chi connectivity index (χ1v) is 10.2. The summed E-state index contributed by atoms with van der Waals surface area (Å²) in [5.74, 6) is -0.329. The highest BCUT2D eigenvalue weighted by Crippen LogP contribution is 2.44. The van der Waals surface area contributed by atoms with Gasteiger partial charge >= 0.3 is 0 Å². The maximum Gasteiger partial charge on any atom is 0.283 e. The Morgan fingerprint density at radius 2 is 1.73 bits per heavy atom. The summed E-state index contributed by atoms with van der Waals surface area (Å²) < 4.78 is 0. The molecule has 4 rings (SSSR count). The lowest BCUT2D eigenvalue weighted by molar-refractivity contribution is -0.387. The standard InChI is InChI=1S/C23H20N2O4S/c1-14-8-10-20(15(2)12-14)30-21-11-9-16(13-19(21)25(28)29)23(27)18-7-5-4-6-17(18)22(26)24(23)3/h4-13,27H,1-3H3. The van der Waals surface area contributed by atoms with Crippen molar-refractivity contribution >= 4 is 23.4 Å². The smallest absolute Gasteiger partial charge is 0.283 e. The molecule has 0 saturated carbocycles. The molecule has 1 aliphatic rings. The molecular formula is C23H20N2O4S.